The van der Waals surface area contributed by atoms with E-state index in [1.807, 2.05) is 0 Å². The van der Waals surface area contributed by atoms with E-state index in [0.717, 1.165) is 0 Å². The molecule has 0 saturated carbocycles. The van der Waals surface area contributed by atoms with Crippen LogP contribution in [0, 0.1) is 11.6 Å². The zero-order valence-corrected chi connectivity index (χ0v) is 14.2. The van der Waals surface area contributed by atoms with Gasteiger partial charge in [-0.2, -0.15) is 0 Å². The maximum absolute atomic E-state index is 14.0. The number of ether oxygens (including phenoxy) is 1. The molecule has 0 N–H and O–H groups in total. The lowest BCUT2D eigenvalue weighted by Gasteiger charge is -2.14. The van der Waals surface area contributed by atoms with E-state index in [4.69, 9.17) is 16.3 Å². The van der Waals surface area contributed by atoms with Gasteiger partial charge in [0, 0.05) is 10.0 Å². The van der Waals surface area contributed by atoms with Crippen molar-refractivity contribution in [2.24, 2.45) is 0 Å². The van der Waals surface area contributed by atoms with Crippen molar-refractivity contribution in [2.45, 2.75) is 4.83 Å². The molecule has 0 spiro atoms. The van der Waals surface area contributed by atoms with E-state index in [1.165, 1.54) is 31.4 Å². The molecule has 0 aliphatic carbocycles. The third kappa shape index (κ3) is 3.15. The Bertz CT molecular complexity index is 649. The third-order valence-electron chi connectivity index (χ3n) is 2.78. The van der Waals surface area contributed by atoms with E-state index in [9.17, 15) is 8.78 Å². The van der Waals surface area contributed by atoms with E-state index in [-0.39, 0.29) is 5.75 Å². The van der Waals surface area contributed by atoms with Crippen LogP contribution in [0.3, 0.4) is 0 Å². The zero-order valence-electron chi connectivity index (χ0n) is 10.3. The molecule has 0 fully saturated rings. The van der Waals surface area contributed by atoms with Gasteiger partial charge in [-0.25, -0.2) is 8.78 Å². The average Bonchev–Trinajstić information content (AvgIpc) is 2.42. The number of rotatable bonds is 3. The summed E-state index contributed by atoms with van der Waals surface area (Å²) in [4.78, 5) is -0.456. The number of alkyl halides is 1. The summed E-state index contributed by atoms with van der Waals surface area (Å²) in [5, 5.41) is 0.403. The Morgan fingerprint density at radius 1 is 1.15 bits per heavy atom. The van der Waals surface area contributed by atoms with E-state index < -0.39 is 16.5 Å². The maximum atomic E-state index is 14.0. The highest BCUT2D eigenvalue weighted by atomic mass is 79.9. The molecule has 0 saturated heterocycles. The van der Waals surface area contributed by atoms with Gasteiger partial charge in [-0.05, 0) is 45.8 Å². The smallest absolute Gasteiger partial charge is 0.165 e. The van der Waals surface area contributed by atoms with Crippen molar-refractivity contribution in [1.82, 2.24) is 0 Å². The van der Waals surface area contributed by atoms with Crippen molar-refractivity contribution >= 4 is 43.5 Å². The molecule has 0 aromatic heterocycles. The van der Waals surface area contributed by atoms with Gasteiger partial charge >= 0.3 is 0 Å². The van der Waals surface area contributed by atoms with Crippen LogP contribution < -0.4 is 4.74 Å². The number of hydrogen-bond acceptors (Lipinski definition) is 1. The first kappa shape index (κ1) is 15.7. The van der Waals surface area contributed by atoms with E-state index >= 15 is 0 Å². The Hall–Kier alpha value is -0.650. The summed E-state index contributed by atoms with van der Waals surface area (Å²) in [6.07, 6.45) is 0. The molecule has 0 radical (unpaired) electrons. The lowest BCUT2D eigenvalue weighted by atomic mass is 10.0. The lowest BCUT2D eigenvalue weighted by molar-refractivity contribution is 0.386. The summed E-state index contributed by atoms with van der Waals surface area (Å²) in [5.74, 6) is -0.771. The number of hydrogen-bond donors (Lipinski definition) is 0. The summed E-state index contributed by atoms with van der Waals surface area (Å²) in [6.45, 7) is 0. The molecule has 2 aromatic carbocycles. The standard InChI is InChI=1S/C14H9Br2ClF2O/c1-20-13-4-7(2-3-11(13)18)14(16)8-5-10(17)9(15)6-12(8)19/h2-6,14H,1H3. The monoisotopic (exact) mass is 424 g/mol. The maximum Gasteiger partial charge on any atom is 0.165 e. The first-order chi connectivity index (χ1) is 9.43. The lowest BCUT2D eigenvalue weighted by Crippen LogP contribution is -1.99. The van der Waals surface area contributed by atoms with Crippen LogP contribution in [0.4, 0.5) is 8.78 Å². The molecule has 2 aromatic rings. The Balaban J connectivity index is 2.46. The van der Waals surface area contributed by atoms with Crippen LogP contribution in [0.5, 0.6) is 5.75 Å². The predicted molar refractivity (Wildman–Crippen MR) is 82.8 cm³/mol. The second-order valence-electron chi connectivity index (χ2n) is 4.04. The van der Waals surface area contributed by atoms with Crippen molar-refractivity contribution in [1.29, 1.82) is 0 Å². The van der Waals surface area contributed by atoms with Gasteiger partial charge in [0.15, 0.2) is 11.6 Å². The highest BCUT2D eigenvalue weighted by molar-refractivity contribution is 9.10. The first-order valence-corrected chi connectivity index (χ1v) is 7.64. The molecule has 2 rings (SSSR count). The van der Waals surface area contributed by atoms with Crippen molar-refractivity contribution in [2.75, 3.05) is 7.11 Å². The highest BCUT2D eigenvalue weighted by Crippen LogP contribution is 2.37. The topological polar surface area (TPSA) is 9.23 Å². The normalized spacial score (nSPS) is 12.3. The molecular weight excluding hydrogens is 417 g/mol. The van der Waals surface area contributed by atoms with Crippen molar-refractivity contribution < 1.29 is 13.5 Å². The summed E-state index contributed by atoms with van der Waals surface area (Å²) in [7, 11) is 1.38. The number of halogens is 5. The minimum Gasteiger partial charge on any atom is -0.494 e. The van der Waals surface area contributed by atoms with E-state index in [1.54, 1.807) is 6.07 Å². The second-order valence-corrected chi connectivity index (χ2v) is 6.22. The van der Waals surface area contributed by atoms with Gasteiger partial charge in [-0.3, -0.25) is 0 Å². The fourth-order valence-electron chi connectivity index (χ4n) is 1.75. The summed E-state index contributed by atoms with van der Waals surface area (Å²) in [6, 6.07) is 7.18. The van der Waals surface area contributed by atoms with Gasteiger partial charge in [0.25, 0.3) is 0 Å². The quantitative estimate of drug-likeness (QED) is 0.440. The minimum absolute atomic E-state index is 0.107. The predicted octanol–water partition coefficient (Wildman–Crippen LogP) is 5.87. The van der Waals surface area contributed by atoms with E-state index in [2.05, 4.69) is 31.9 Å². The Morgan fingerprint density at radius 3 is 2.50 bits per heavy atom. The zero-order chi connectivity index (χ0) is 14.9. The summed E-state index contributed by atoms with van der Waals surface area (Å²) in [5.41, 5.74) is 1.03. The highest BCUT2D eigenvalue weighted by Gasteiger charge is 2.18. The van der Waals surface area contributed by atoms with Gasteiger partial charge in [-0.15, -0.1) is 0 Å². The molecule has 0 amide bonds. The molecule has 106 valence electrons. The summed E-state index contributed by atoms with van der Waals surface area (Å²) < 4.78 is 32.8. The Morgan fingerprint density at radius 2 is 1.85 bits per heavy atom. The molecule has 0 heterocycles. The van der Waals surface area contributed by atoms with E-state index in [0.29, 0.717) is 20.6 Å². The van der Waals surface area contributed by atoms with Crippen LogP contribution in [0.15, 0.2) is 34.8 Å². The molecule has 0 aliphatic heterocycles. The SMILES string of the molecule is COc1cc(C(Br)c2cc(Cl)c(Br)cc2F)ccc1F. The third-order valence-corrected chi connectivity index (χ3v) is 5.00. The molecule has 1 atom stereocenters. The van der Waals surface area contributed by atoms with Gasteiger partial charge in [0.05, 0.1) is 17.0 Å². The largest absolute Gasteiger partial charge is 0.494 e. The van der Waals surface area contributed by atoms with Crippen molar-refractivity contribution in [3.8, 4) is 5.75 Å². The molecule has 1 nitrogen and oxygen atoms in total. The van der Waals surface area contributed by atoms with Gasteiger partial charge < -0.3 is 4.74 Å². The Kier molecular flexibility index (Phi) is 5.04. The van der Waals surface area contributed by atoms with Crippen LogP contribution >= 0.6 is 43.5 Å². The number of benzene rings is 2. The molecule has 6 heteroatoms. The van der Waals surface area contributed by atoms with Gasteiger partial charge in [0.2, 0.25) is 0 Å². The summed E-state index contributed by atoms with van der Waals surface area (Å²) >= 11 is 12.5. The molecule has 1 unspecified atom stereocenters. The van der Waals surface area contributed by atoms with Crippen LogP contribution in [0.1, 0.15) is 16.0 Å². The van der Waals surface area contributed by atoms with Crippen LogP contribution in [0.25, 0.3) is 0 Å². The minimum atomic E-state index is -0.467. The van der Waals surface area contributed by atoms with Gasteiger partial charge in [0.1, 0.15) is 5.82 Å². The van der Waals surface area contributed by atoms with Gasteiger partial charge in [-0.1, -0.05) is 33.6 Å². The Labute approximate surface area is 137 Å². The fraction of sp³-hybridized carbons (Fsp3) is 0.143. The number of methoxy groups -OCH3 is 1. The molecular formula is C14H9Br2ClF2O. The van der Waals surface area contributed by atoms with Crippen LogP contribution in [0.2, 0.25) is 5.02 Å². The fourth-order valence-corrected chi connectivity index (χ4v) is 2.87. The molecule has 0 bridgehead atoms. The molecule has 0 aliphatic rings. The molecule has 20 heavy (non-hydrogen) atoms. The van der Waals surface area contributed by atoms with Crippen LogP contribution in [-0.2, 0) is 0 Å². The van der Waals surface area contributed by atoms with Crippen molar-refractivity contribution in [3.05, 3.63) is 62.6 Å². The second kappa shape index (κ2) is 6.41. The van der Waals surface area contributed by atoms with Crippen LogP contribution in [-0.4, -0.2) is 7.11 Å². The first-order valence-electron chi connectivity index (χ1n) is 5.56. The van der Waals surface area contributed by atoms with Crippen molar-refractivity contribution in [3.63, 3.8) is 0 Å². The average molecular weight is 426 g/mol.